The summed E-state index contributed by atoms with van der Waals surface area (Å²) in [7, 11) is -4.84. The average Bonchev–Trinajstić information content (AvgIpc) is 3.73. The summed E-state index contributed by atoms with van der Waals surface area (Å²) >= 11 is 0. The van der Waals surface area contributed by atoms with E-state index in [9.17, 15) is 38.2 Å². The number of hydrogen-bond acceptors (Lipinski definition) is 12. The molecule has 0 saturated heterocycles. The molecule has 5 atom stereocenters. The zero-order valence-corrected chi connectivity index (χ0v) is 42.7. The van der Waals surface area contributed by atoms with Crippen molar-refractivity contribution in [3.63, 3.8) is 0 Å². The first-order valence-electron chi connectivity index (χ1n) is 24.9. The molecule has 6 N–H and O–H groups in total. The van der Waals surface area contributed by atoms with Crippen LogP contribution >= 0.6 is 7.82 Å². The van der Waals surface area contributed by atoms with Crippen molar-refractivity contribution < 1.29 is 61.5 Å². The van der Waals surface area contributed by atoms with E-state index in [1.807, 2.05) is 62.4 Å². The Morgan fingerprint density at radius 3 is 2.06 bits per heavy atom. The summed E-state index contributed by atoms with van der Waals surface area (Å²) in [4.78, 5) is 89.6. The maximum atomic E-state index is 13.3. The molecular weight excluding hydrogens is 922 g/mol. The lowest BCUT2D eigenvalue weighted by molar-refractivity contribution is -0.158. The number of rotatable bonds is 37. The number of hydrogen-bond donors (Lipinski definition) is 6. The number of phosphoric acid groups is 1. The van der Waals surface area contributed by atoms with Gasteiger partial charge in [0, 0.05) is 43.9 Å². The average molecular weight is 1000 g/mol. The van der Waals surface area contributed by atoms with Crippen LogP contribution in [0, 0.1) is 5.92 Å². The van der Waals surface area contributed by atoms with Crippen LogP contribution in [-0.4, -0.2) is 96.5 Å². The summed E-state index contributed by atoms with van der Waals surface area (Å²) in [5, 5.41) is 11.1. The number of amides is 4. The number of phosphoric ester groups is 1. The lowest BCUT2D eigenvalue weighted by Crippen LogP contribution is -2.51. The largest absolute Gasteiger partial charge is 0.489 e. The number of aromatic nitrogens is 1. The summed E-state index contributed by atoms with van der Waals surface area (Å²) in [6.45, 7) is 6.48. The molecule has 3 rings (SSSR count). The molecule has 0 bridgehead atoms. The van der Waals surface area contributed by atoms with Gasteiger partial charge in [-0.1, -0.05) is 135 Å². The molecule has 1 heterocycles. The highest BCUT2D eigenvalue weighted by Gasteiger charge is 2.30. The van der Waals surface area contributed by atoms with Crippen molar-refractivity contribution in [3.05, 3.63) is 65.9 Å². The van der Waals surface area contributed by atoms with E-state index in [-0.39, 0.29) is 44.4 Å². The second kappa shape index (κ2) is 33.3. The smallest absolute Gasteiger partial charge is 0.472 e. The third kappa shape index (κ3) is 24.5. The number of ether oxygens (including phenoxy) is 3. The van der Waals surface area contributed by atoms with Crippen LogP contribution in [0.1, 0.15) is 142 Å². The van der Waals surface area contributed by atoms with Gasteiger partial charge in [0.1, 0.15) is 31.0 Å². The van der Waals surface area contributed by atoms with Gasteiger partial charge in [0.05, 0.1) is 26.2 Å². The molecule has 19 heteroatoms. The van der Waals surface area contributed by atoms with Gasteiger partial charge in [-0.3, -0.25) is 37.8 Å². The highest BCUT2D eigenvalue weighted by Crippen LogP contribution is 2.43. The molecule has 390 valence electrons. The number of carbonyl (C=O) groups excluding carboxylic acids is 6. The van der Waals surface area contributed by atoms with E-state index in [0.29, 0.717) is 30.8 Å². The van der Waals surface area contributed by atoms with E-state index in [2.05, 4.69) is 33.2 Å². The van der Waals surface area contributed by atoms with Crippen molar-refractivity contribution in [1.29, 1.82) is 0 Å². The molecule has 70 heavy (non-hydrogen) atoms. The van der Waals surface area contributed by atoms with Crippen LogP contribution in [0.5, 0.6) is 5.75 Å². The van der Waals surface area contributed by atoms with E-state index in [1.54, 1.807) is 6.20 Å². The van der Waals surface area contributed by atoms with E-state index in [1.165, 1.54) is 64.7 Å². The van der Waals surface area contributed by atoms with Gasteiger partial charge in [-0.2, -0.15) is 0 Å². The Bertz CT molecular complexity index is 2100. The molecular formula is C51H78N5O13P. The summed E-state index contributed by atoms with van der Waals surface area (Å²) in [6.07, 6.45) is 16.4. The first-order chi connectivity index (χ1) is 33.6. The lowest BCUT2D eigenvalue weighted by atomic mass is 9.98. The van der Waals surface area contributed by atoms with Crippen molar-refractivity contribution >= 4 is 54.3 Å². The molecule has 0 aliphatic carbocycles. The third-order valence-corrected chi connectivity index (χ3v) is 12.6. The van der Waals surface area contributed by atoms with Crippen molar-refractivity contribution in [2.45, 2.75) is 162 Å². The van der Waals surface area contributed by atoms with E-state index in [0.717, 1.165) is 42.7 Å². The molecule has 0 fully saturated rings. The van der Waals surface area contributed by atoms with Gasteiger partial charge in [0.2, 0.25) is 23.6 Å². The molecule has 0 aliphatic heterocycles. The molecule has 0 saturated carbocycles. The van der Waals surface area contributed by atoms with Crippen LogP contribution in [0.25, 0.3) is 10.9 Å². The SMILES string of the molecule is CCCCCCCCCCCCCCCC(=O)O[C@@H](CNC(=O)[C@@H](COP(=O)(O)OCCNC(=O)[C@@H](NC(=O)Cc1c[nH]c2ccc(OCc3ccccc3)cc12)[C@@H](C)CC)NC(C)=O)COC(C)=O. The van der Waals surface area contributed by atoms with Gasteiger partial charge >= 0.3 is 19.8 Å². The minimum absolute atomic E-state index is 0.0180. The Hall–Kier alpha value is -5.29. The fourth-order valence-corrected chi connectivity index (χ4v) is 8.26. The fourth-order valence-electron chi connectivity index (χ4n) is 7.53. The van der Waals surface area contributed by atoms with E-state index in [4.69, 9.17) is 23.3 Å². The summed E-state index contributed by atoms with van der Waals surface area (Å²) < 4.78 is 39.4. The van der Waals surface area contributed by atoms with Gasteiger partial charge in [-0.15, -0.1) is 0 Å². The van der Waals surface area contributed by atoms with E-state index >= 15 is 0 Å². The third-order valence-electron chi connectivity index (χ3n) is 11.7. The molecule has 18 nitrogen and oxygen atoms in total. The van der Waals surface area contributed by atoms with Crippen LogP contribution in [0.3, 0.4) is 0 Å². The Balaban J connectivity index is 1.42. The molecule has 4 amide bonds. The van der Waals surface area contributed by atoms with Crippen LogP contribution in [0.15, 0.2) is 54.7 Å². The minimum Gasteiger partial charge on any atom is -0.489 e. The number of unbranched alkanes of at least 4 members (excludes halogenated alkanes) is 12. The zero-order valence-electron chi connectivity index (χ0n) is 41.9. The normalized spacial score (nSPS) is 13.8. The number of carbonyl (C=O) groups is 6. The Labute approximate surface area is 413 Å². The number of fused-ring (bicyclic) bond motifs is 1. The highest BCUT2D eigenvalue weighted by atomic mass is 31.2. The van der Waals surface area contributed by atoms with Crippen molar-refractivity contribution in [2.75, 3.05) is 32.9 Å². The van der Waals surface area contributed by atoms with Gasteiger partial charge < -0.3 is 45.4 Å². The first kappa shape index (κ1) is 59.0. The van der Waals surface area contributed by atoms with Crippen molar-refractivity contribution in [1.82, 2.24) is 26.3 Å². The Morgan fingerprint density at radius 1 is 0.771 bits per heavy atom. The number of nitrogens with one attached hydrogen (secondary N) is 5. The zero-order chi connectivity index (χ0) is 51.2. The maximum absolute atomic E-state index is 13.3. The molecule has 0 aliphatic rings. The number of benzene rings is 2. The van der Waals surface area contributed by atoms with Crippen LogP contribution in [0.2, 0.25) is 0 Å². The molecule has 0 radical (unpaired) electrons. The van der Waals surface area contributed by atoms with Crippen molar-refractivity contribution in [3.8, 4) is 5.75 Å². The lowest BCUT2D eigenvalue weighted by Gasteiger charge is -2.24. The second-order valence-electron chi connectivity index (χ2n) is 17.7. The Kier molecular flexibility index (Phi) is 28.1. The fraction of sp³-hybridized carbons (Fsp3) is 0.608. The molecule has 3 aromatic rings. The molecule has 1 aromatic heterocycles. The monoisotopic (exact) mass is 1000 g/mol. The highest BCUT2D eigenvalue weighted by molar-refractivity contribution is 7.47. The maximum Gasteiger partial charge on any atom is 0.472 e. The van der Waals surface area contributed by atoms with Crippen LogP contribution in [-0.2, 0) is 64.9 Å². The van der Waals surface area contributed by atoms with Crippen molar-refractivity contribution in [2.24, 2.45) is 5.92 Å². The molecule has 2 aromatic carbocycles. The van der Waals surface area contributed by atoms with E-state index < -0.39 is 68.9 Å². The van der Waals surface area contributed by atoms with Crippen LogP contribution < -0.4 is 26.0 Å². The predicted molar refractivity (Wildman–Crippen MR) is 266 cm³/mol. The topological polar surface area (TPSA) is 250 Å². The summed E-state index contributed by atoms with van der Waals surface area (Å²) in [5.74, 6) is -3.18. The first-order valence-corrected chi connectivity index (χ1v) is 26.4. The van der Waals surface area contributed by atoms with Crippen LogP contribution in [0.4, 0.5) is 0 Å². The Morgan fingerprint density at radius 2 is 1.43 bits per heavy atom. The number of aromatic amines is 1. The summed E-state index contributed by atoms with van der Waals surface area (Å²) in [6, 6.07) is 12.9. The standard InChI is InChI=1S/C51H78N5O13P/c1-6-8-9-10-11-12-13-14-15-16-17-18-22-25-48(60)69-43(35-65-39(5)58)33-54-50(61)46(55-38(4)57)36-68-70(63,64)67-29-28-52-51(62)49(37(3)7-2)56-47(59)30-41-32-53-45-27-26-42(31-44(41)45)66-34-40-23-20-19-21-24-40/h19-21,23-24,26-27,31-32,37,43,46,49,53H,6-18,22,25,28-30,33-36H2,1-5H3,(H,52,62)(H,54,61)(H,55,57)(H,56,59)(H,63,64)/t37-,43-,46+,49-/m0/s1. The molecule has 0 spiro atoms. The minimum atomic E-state index is -4.84. The predicted octanol–water partition coefficient (Wildman–Crippen LogP) is 7.65. The quantitative estimate of drug-likeness (QED) is 0.0185. The van der Waals surface area contributed by atoms with Gasteiger partial charge in [0.15, 0.2) is 6.10 Å². The number of esters is 2. The molecule has 1 unspecified atom stereocenters. The van der Waals surface area contributed by atoms with Gasteiger partial charge in [0.25, 0.3) is 0 Å². The van der Waals surface area contributed by atoms with Gasteiger partial charge in [-0.05, 0) is 41.7 Å². The number of H-pyrrole nitrogens is 1. The second-order valence-corrected chi connectivity index (χ2v) is 19.2. The summed E-state index contributed by atoms with van der Waals surface area (Å²) in [5.41, 5.74) is 2.55. The van der Waals surface area contributed by atoms with Gasteiger partial charge in [-0.25, -0.2) is 4.57 Å².